The fraction of sp³-hybridized carbons (Fsp3) is 0.364. The second-order valence-corrected chi connectivity index (χ2v) is 3.27. The van der Waals surface area contributed by atoms with Crippen LogP contribution in [0, 0.1) is 6.07 Å². The fourth-order valence-corrected chi connectivity index (χ4v) is 1.08. The van der Waals surface area contributed by atoms with Crippen LogP contribution in [0.5, 0.6) is 0 Å². The van der Waals surface area contributed by atoms with Gasteiger partial charge in [0.05, 0.1) is 0 Å². The maximum Gasteiger partial charge on any atom is 0.195 e. The Labute approximate surface area is 110 Å². The van der Waals surface area contributed by atoms with E-state index >= 15 is 0 Å². The maximum absolute atomic E-state index is 11.2. The van der Waals surface area contributed by atoms with Gasteiger partial charge in [-0.15, -0.1) is 0 Å². The minimum Gasteiger partial charge on any atom is -0.366 e. The molecule has 14 heavy (non-hydrogen) atoms. The van der Waals surface area contributed by atoms with E-state index in [4.69, 9.17) is 0 Å². The molecule has 0 aliphatic rings. The largest absolute Gasteiger partial charge is 0.366 e. The van der Waals surface area contributed by atoms with E-state index in [1.54, 1.807) is 13.1 Å². The zero-order chi connectivity index (χ0) is 9.84. The van der Waals surface area contributed by atoms with Crippen molar-refractivity contribution >= 4 is 5.91 Å². The summed E-state index contributed by atoms with van der Waals surface area (Å²) in [5.41, 5.74) is 1.79. The van der Waals surface area contributed by atoms with Crippen LogP contribution in [0.25, 0.3) is 0 Å². The summed E-state index contributed by atoms with van der Waals surface area (Å²) in [5.74, 6) is 0.394. The van der Waals surface area contributed by atoms with Crippen LogP contribution in [-0.4, -0.2) is 13.0 Å². The van der Waals surface area contributed by atoms with E-state index in [1.807, 2.05) is 12.1 Å². The molecule has 0 bridgehead atoms. The van der Waals surface area contributed by atoms with Crippen molar-refractivity contribution in [2.24, 2.45) is 0 Å². The van der Waals surface area contributed by atoms with Crippen molar-refractivity contribution in [3.8, 4) is 0 Å². The predicted molar refractivity (Wildman–Crippen MR) is 52.8 cm³/mol. The van der Waals surface area contributed by atoms with Crippen LogP contribution in [0.15, 0.2) is 18.2 Å². The van der Waals surface area contributed by atoms with Gasteiger partial charge in [-0.25, -0.2) is 0 Å². The van der Waals surface area contributed by atoms with Gasteiger partial charge in [-0.3, -0.25) is 4.79 Å². The number of benzene rings is 1. The fourth-order valence-electron chi connectivity index (χ4n) is 1.08. The summed E-state index contributed by atoms with van der Waals surface area (Å²) in [6.07, 6.45) is 0. The van der Waals surface area contributed by atoms with Crippen LogP contribution < -0.4 is 5.32 Å². The molecule has 0 fully saturated rings. The van der Waals surface area contributed by atoms with Gasteiger partial charge in [-0.2, -0.15) is 29.8 Å². The Balaban J connectivity index is 0.00000169. The smallest absolute Gasteiger partial charge is 0.195 e. The quantitative estimate of drug-likeness (QED) is 0.814. The van der Waals surface area contributed by atoms with Gasteiger partial charge in [0.2, 0.25) is 0 Å². The summed E-state index contributed by atoms with van der Waals surface area (Å²) in [7, 11) is 1.62. The molecule has 2 nitrogen and oxygen atoms in total. The third kappa shape index (κ3) is 3.51. The van der Waals surface area contributed by atoms with E-state index in [1.165, 1.54) is 0 Å². The van der Waals surface area contributed by atoms with Crippen molar-refractivity contribution in [1.82, 2.24) is 5.32 Å². The Bertz CT molecular complexity index is 293. The van der Waals surface area contributed by atoms with Gasteiger partial charge < -0.3 is 5.32 Å². The Morgan fingerprint density at radius 2 is 2.07 bits per heavy atom. The van der Waals surface area contributed by atoms with Gasteiger partial charge in [-0.05, 0) is 5.92 Å². The molecular formula is C11H14NOY-. The second-order valence-electron chi connectivity index (χ2n) is 3.27. The molecule has 0 saturated carbocycles. The molecule has 0 unspecified atom stereocenters. The SMILES string of the molecule is CNC(=O)c1c[c-]c(C(C)C)cc1.[Y]. The normalized spacial score (nSPS) is 9.43. The van der Waals surface area contributed by atoms with Crippen LogP contribution in [0.3, 0.4) is 0 Å². The average Bonchev–Trinajstić information content (AvgIpc) is 2.17. The van der Waals surface area contributed by atoms with Crippen molar-refractivity contribution in [3.63, 3.8) is 0 Å². The predicted octanol–water partition coefficient (Wildman–Crippen LogP) is 1.97. The van der Waals surface area contributed by atoms with E-state index < -0.39 is 0 Å². The molecule has 0 spiro atoms. The molecule has 1 aromatic carbocycles. The topological polar surface area (TPSA) is 29.1 Å². The second kappa shape index (κ2) is 6.31. The summed E-state index contributed by atoms with van der Waals surface area (Å²) in [6.45, 7) is 4.21. The van der Waals surface area contributed by atoms with Crippen molar-refractivity contribution in [2.45, 2.75) is 19.8 Å². The van der Waals surface area contributed by atoms with Gasteiger partial charge in [0, 0.05) is 39.8 Å². The molecule has 0 atom stereocenters. The zero-order valence-corrected chi connectivity index (χ0v) is 11.6. The number of hydrogen-bond acceptors (Lipinski definition) is 1. The Hall–Kier alpha value is -0.206. The summed E-state index contributed by atoms with van der Waals surface area (Å²) < 4.78 is 0. The third-order valence-corrected chi connectivity index (χ3v) is 1.95. The van der Waals surface area contributed by atoms with E-state index in [-0.39, 0.29) is 38.6 Å². The molecular weight excluding hydrogens is 251 g/mol. The van der Waals surface area contributed by atoms with Gasteiger partial charge >= 0.3 is 0 Å². The minimum atomic E-state index is -0.0634. The summed E-state index contributed by atoms with van der Waals surface area (Å²) >= 11 is 0. The van der Waals surface area contributed by atoms with E-state index in [0.29, 0.717) is 11.5 Å². The molecule has 1 rings (SSSR count). The van der Waals surface area contributed by atoms with Crippen molar-refractivity contribution < 1.29 is 37.5 Å². The van der Waals surface area contributed by atoms with Crippen molar-refractivity contribution in [1.29, 1.82) is 0 Å². The molecule has 73 valence electrons. The molecule has 0 aromatic heterocycles. The maximum atomic E-state index is 11.2. The number of rotatable bonds is 2. The number of amides is 1. The van der Waals surface area contributed by atoms with Gasteiger partial charge in [-0.1, -0.05) is 19.4 Å². The minimum absolute atomic E-state index is 0. The van der Waals surface area contributed by atoms with E-state index in [0.717, 1.165) is 5.56 Å². The molecule has 0 saturated heterocycles. The molecule has 1 radical (unpaired) electrons. The molecule has 0 heterocycles. The van der Waals surface area contributed by atoms with Gasteiger partial charge in [0.25, 0.3) is 0 Å². The van der Waals surface area contributed by atoms with E-state index in [2.05, 4.69) is 25.2 Å². The first-order valence-electron chi connectivity index (χ1n) is 4.39. The molecule has 1 N–H and O–H groups in total. The van der Waals surface area contributed by atoms with Crippen LogP contribution in [-0.2, 0) is 32.7 Å². The molecule has 0 aliphatic heterocycles. The van der Waals surface area contributed by atoms with E-state index in [9.17, 15) is 4.79 Å². The summed E-state index contributed by atoms with van der Waals surface area (Å²) in [4.78, 5) is 11.2. The summed E-state index contributed by atoms with van der Waals surface area (Å²) in [6, 6.07) is 8.58. The van der Waals surface area contributed by atoms with Crippen LogP contribution in [0.1, 0.15) is 35.7 Å². The van der Waals surface area contributed by atoms with Crippen LogP contribution in [0.2, 0.25) is 0 Å². The van der Waals surface area contributed by atoms with Crippen molar-refractivity contribution in [2.75, 3.05) is 7.05 Å². The molecule has 0 aliphatic carbocycles. The number of hydrogen-bond donors (Lipinski definition) is 1. The number of carbonyl (C=O) groups is 1. The first-order chi connectivity index (χ1) is 6.15. The molecule has 1 aromatic rings. The van der Waals surface area contributed by atoms with Gasteiger partial charge in [0.15, 0.2) is 5.91 Å². The standard InChI is InChI=1S/C11H14NO.Y/c1-8(2)9-4-6-10(7-5-9)11(13)12-3;/h4,6-8H,1-3H3,(H,12,13);/q-1;. The number of carbonyl (C=O) groups excluding carboxylic acids is 1. The number of nitrogens with one attached hydrogen (secondary N) is 1. The summed E-state index contributed by atoms with van der Waals surface area (Å²) in [5, 5.41) is 2.57. The average molecular weight is 265 g/mol. The third-order valence-electron chi connectivity index (χ3n) is 1.95. The first-order valence-corrected chi connectivity index (χ1v) is 4.39. The van der Waals surface area contributed by atoms with Gasteiger partial charge in [0.1, 0.15) is 0 Å². The van der Waals surface area contributed by atoms with Crippen LogP contribution in [0.4, 0.5) is 0 Å². The molecule has 1 amide bonds. The van der Waals surface area contributed by atoms with Crippen molar-refractivity contribution in [3.05, 3.63) is 35.4 Å². The Morgan fingerprint density at radius 3 is 2.43 bits per heavy atom. The zero-order valence-electron chi connectivity index (χ0n) is 8.79. The van der Waals surface area contributed by atoms with Crippen LogP contribution >= 0.6 is 0 Å². The molecule has 3 heteroatoms. The Morgan fingerprint density at radius 1 is 1.43 bits per heavy atom. The first kappa shape index (κ1) is 13.8. The Kier molecular flexibility index (Phi) is 6.22. The monoisotopic (exact) mass is 265 g/mol.